The van der Waals surface area contributed by atoms with Crippen molar-refractivity contribution in [1.82, 2.24) is 15.6 Å². The first-order valence-corrected chi connectivity index (χ1v) is 6.32. The Balaban J connectivity index is 2.77. The Morgan fingerprint density at radius 3 is 2.60 bits per heavy atom. The van der Waals surface area contributed by atoms with Gasteiger partial charge in [-0.15, -0.1) is 0 Å². The van der Waals surface area contributed by atoms with E-state index in [0.29, 0.717) is 5.56 Å². The lowest BCUT2D eigenvalue weighted by molar-refractivity contribution is -0.128. The quantitative estimate of drug-likeness (QED) is 0.360. The molecule has 2 amide bonds. The fourth-order valence-electron chi connectivity index (χ4n) is 1.52. The molecule has 0 aromatic carbocycles. The van der Waals surface area contributed by atoms with Crippen molar-refractivity contribution in [1.29, 1.82) is 0 Å². The Hall–Kier alpha value is -1.86. The summed E-state index contributed by atoms with van der Waals surface area (Å²) in [4.78, 5) is 27.5. The Labute approximate surface area is 122 Å². The highest BCUT2D eigenvalue weighted by molar-refractivity contribution is 6.29. The molecule has 5 N–H and O–H groups in total. The highest BCUT2D eigenvalue weighted by atomic mass is 35.5. The van der Waals surface area contributed by atoms with Crippen molar-refractivity contribution < 1.29 is 9.59 Å². The van der Waals surface area contributed by atoms with E-state index in [9.17, 15) is 9.59 Å². The SMILES string of the molecule is CNC(=O)C(C)(C)CNC(=O)c1cc(Cl)nc(NN)c1. The molecule has 0 radical (unpaired) electrons. The molecule has 0 spiro atoms. The second kappa shape index (κ2) is 6.53. The molecule has 8 heteroatoms. The number of hydrazine groups is 1. The van der Waals surface area contributed by atoms with Gasteiger partial charge in [-0.2, -0.15) is 0 Å². The van der Waals surface area contributed by atoms with Crippen molar-refractivity contribution >= 4 is 29.2 Å². The summed E-state index contributed by atoms with van der Waals surface area (Å²) in [5, 5.41) is 5.38. The van der Waals surface area contributed by atoms with E-state index < -0.39 is 5.41 Å². The van der Waals surface area contributed by atoms with Gasteiger partial charge in [0.1, 0.15) is 11.0 Å². The number of anilines is 1. The summed E-state index contributed by atoms with van der Waals surface area (Å²) < 4.78 is 0. The van der Waals surface area contributed by atoms with Crippen LogP contribution >= 0.6 is 11.6 Å². The van der Waals surface area contributed by atoms with Gasteiger partial charge in [-0.3, -0.25) is 9.59 Å². The number of nitrogen functional groups attached to an aromatic ring is 1. The topological polar surface area (TPSA) is 109 Å². The molecule has 110 valence electrons. The van der Waals surface area contributed by atoms with Crippen molar-refractivity contribution in [2.75, 3.05) is 19.0 Å². The summed E-state index contributed by atoms with van der Waals surface area (Å²) >= 11 is 5.79. The monoisotopic (exact) mass is 299 g/mol. The summed E-state index contributed by atoms with van der Waals surface area (Å²) in [6, 6.07) is 2.89. The van der Waals surface area contributed by atoms with Gasteiger partial charge in [0.2, 0.25) is 5.91 Å². The molecule has 0 unspecified atom stereocenters. The molecule has 7 nitrogen and oxygen atoms in total. The highest BCUT2D eigenvalue weighted by Gasteiger charge is 2.27. The van der Waals surface area contributed by atoms with E-state index in [4.69, 9.17) is 17.4 Å². The maximum Gasteiger partial charge on any atom is 0.251 e. The van der Waals surface area contributed by atoms with Crippen molar-refractivity contribution in [3.05, 3.63) is 22.8 Å². The van der Waals surface area contributed by atoms with Crippen molar-refractivity contribution in [2.45, 2.75) is 13.8 Å². The van der Waals surface area contributed by atoms with E-state index in [2.05, 4.69) is 21.0 Å². The summed E-state index contributed by atoms with van der Waals surface area (Å²) in [6.07, 6.45) is 0. The zero-order valence-corrected chi connectivity index (χ0v) is 12.3. The summed E-state index contributed by atoms with van der Waals surface area (Å²) in [5.74, 6) is 5.00. The normalized spacial score (nSPS) is 10.8. The van der Waals surface area contributed by atoms with Gasteiger partial charge in [0.05, 0.1) is 5.41 Å². The Kier molecular flexibility index (Phi) is 5.29. The van der Waals surface area contributed by atoms with Crippen LogP contribution in [0.25, 0.3) is 0 Å². The van der Waals surface area contributed by atoms with Crippen LogP contribution in [-0.4, -0.2) is 30.4 Å². The zero-order valence-electron chi connectivity index (χ0n) is 11.6. The van der Waals surface area contributed by atoms with E-state index in [0.717, 1.165) is 0 Å². The number of nitrogens with two attached hydrogens (primary N) is 1. The van der Waals surface area contributed by atoms with E-state index >= 15 is 0 Å². The summed E-state index contributed by atoms with van der Waals surface area (Å²) in [7, 11) is 1.55. The first kappa shape index (κ1) is 16.2. The maximum absolute atomic E-state index is 12.0. The van der Waals surface area contributed by atoms with Crippen LogP contribution in [0, 0.1) is 5.41 Å². The van der Waals surface area contributed by atoms with Crippen LogP contribution in [0.15, 0.2) is 12.1 Å². The molecule has 0 atom stereocenters. The van der Waals surface area contributed by atoms with Crippen LogP contribution in [0.1, 0.15) is 24.2 Å². The third kappa shape index (κ3) is 4.07. The van der Waals surface area contributed by atoms with E-state index in [1.165, 1.54) is 12.1 Å². The van der Waals surface area contributed by atoms with Gasteiger partial charge in [-0.05, 0) is 26.0 Å². The van der Waals surface area contributed by atoms with Crippen LogP contribution in [-0.2, 0) is 4.79 Å². The molecule has 0 saturated heterocycles. The van der Waals surface area contributed by atoms with Crippen LogP contribution in [0.3, 0.4) is 0 Å². The first-order chi connectivity index (χ1) is 9.30. The number of amides is 2. The Bertz CT molecular complexity index is 519. The van der Waals surface area contributed by atoms with Crippen molar-refractivity contribution in [2.24, 2.45) is 11.3 Å². The molecular weight excluding hydrogens is 282 g/mol. The van der Waals surface area contributed by atoms with Crippen LogP contribution < -0.4 is 21.9 Å². The summed E-state index contributed by atoms with van der Waals surface area (Å²) in [5.41, 5.74) is 1.92. The predicted octanol–water partition coefficient (Wildman–Crippen LogP) is 0.523. The molecule has 0 bridgehead atoms. The lowest BCUT2D eigenvalue weighted by Crippen LogP contribution is -2.43. The molecule has 1 heterocycles. The number of carbonyl (C=O) groups is 2. The largest absolute Gasteiger partial charge is 0.359 e. The van der Waals surface area contributed by atoms with Crippen LogP contribution in [0.2, 0.25) is 5.15 Å². The number of hydrogen-bond acceptors (Lipinski definition) is 5. The average Bonchev–Trinajstić information content (AvgIpc) is 2.42. The number of nitrogens with one attached hydrogen (secondary N) is 3. The minimum absolute atomic E-state index is 0.149. The minimum atomic E-state index is -0.712. The molecular formula is C12H18ClN5O2. The van der Waals surface area contributed by atoms with Crippen molar-refractivity contribution in [3.8, 4) is 0 Å². The van der Waals surface area contributed by atoms with Gasteiger partial charge in [0.15, 0.2) is 0 Å². The second-order valence-electron chi connectivity index (χ2n) is 4.85. The van der Waals surface area contributed by atoms with Gasteiger partial charge in [0, 0.05) is 19.2 Å². The number of rotatable bonds is 5. The molecule has 1 aromatic rings. The zero-order chi connectivity index (χ0) is 15.3. The maximum atomic E-state index is 12.0. The number of halogens is 1. The average molecular weight is 300 g/mol. The van der Waals surface area contributed by atoms with E-state index in [1.807, 2.05) is 0 Å². The van der Waals surface area contributed by atoms with E-state index in [1.54, 1.807) is 20.9 Å². The van der Waals surface area contributed by atoms with Gasteiger partial charge >= 0.3 is 0 Å². The number of nitrogens with zero attached hydrogens (tertiary/aromatic N) is 1. The van der Waals surface area contributed by atoms with Crippen LogP contribution in [0.4, 0.5) is 5.82 Å². The van der Waals surface area contributed by atoms with Gasteiger partial charge in [0.25, 0.3) is 5.91 Å². The molecule has 0 aliphatic heterocycles. The molecule has 0 fully saturated rings. The molecule has 0 saturated carbocycles. The number of carbonyl (C=O) groups excluding carboxylic acids is 2. The highest BCUT2D eigenvalue weighted by Crippen LogP contribution is 2.16. The third-order valence-corrected chi connectivity index (χ3v) is 2.93. The lowest BCUT2D eigenvalue weighted by Gasteiger charge is -2.22. The van der Waals surface area contributed by atoms with Crippen molar-refractivity contribution in [3.63, 3.8) is 0 Å². The smallest absolute Gasteiger partial charge is 0.251 e. The molecule has 0 aliphatic carbocycles. The van der Waals surface area contributed by atoms with Gasteiger partial charge in [-0.1, -0.05) is 11.6 Å². The standard InChI is InChI=1S/C12H18ClN5O2/c1-12(2,11(20)15-3)6-16-10(19)7-4-8(13)17-9(5-7)18-14/h4-5H,6,14H2,1-3H3,(H,15,20)(H,16,19)(H,17,18). The summed E-state index contributed by atoms with van der Waals surface area (Å²) in [6.45, 7) is 3.66. The fraction of sp³-hybridized carbons (Fsp3) is 0.417. The fourth-order valence-corrected chi connectivity index (χ4v) is 1.73. The third-order valence-electron chi connectivity index (χ3n) is 2.74. The number of hydrogen-bond donors (Lipinski definition) is 4. The molecule has 20 heavy (non-hydrogen) atoms. The molecule has 1 rings (SSSR count). The second-order valence-corrected chi connectivity index (χ2v) is 5.24. The Morgan fingerprint density at radius 2 is 2.05 bits per heavy atom. The minimum Gasteiger partial charge on any atom is -0.359 e. The van der Waals surface area contributed by atoms with Gasteiger partial charge in [-0.25, -0.2) is 10.8 Å². The van der Waals surface area contributed by atoms with Crippen LogP contribution in [0.5, 0.6) is 0 Å². The van der Waals surface area contributed by atoms with Gasteiger partial charge < -0.3 is 16.1 Å². The Morgan fingerprint density at radius 1 is 1.40 bits per heavy atom. The lowest BCUT2D eigenvalue weighted by atomic mass is 9.92. The molecule has 0 aliphatic rings. The van der Waals surface area contributed by atoms with E-state index in [-0.39, 0.29) is 29.3 Å². The first-order valence-electron chi connectivity index (χ1n) is 5.94. The molecule has 1 aromatic heterocycles. The number of pyridine rings is 1. The predicted molar refractivity (Wildman–Crippen MR) is 77.2 cm³/mol. The number of aromatic nitrogens is 1.